The molecule has 3 atom stereocenters. The van der Waals surface area contributed by atoms with Gasteiger partial charge in [-0.15, -0.1) is 0 Å². The first kappa shape index (κ1) is 14.7. The molecule has 0 radical (unpaired) electrons. The molecule has 0 amide bonds. The van der Waals surface area contributed by atoms with Gasteiger partial charge in [0.15, 0.2) is 0 Å². The van der Waals surface area contributed by atoms with Gasteiger partial charge in [-0.25, -0.2) is 0 Å². The summed E-state index contributed by atoms with van der Waals surface area (Å²) in [7, 11) is 0. The summed E-state index contributed by atoms with van der Waals surface area (Å²) in [4.78, 5) is 0.407. The SMILES string of the molecule is CCC1(C)C(Br)CC1Oc1ccc(C(F)(F)F)cc1. The second kappa shape index (κ2) is 5.00. The van der Waals surface area contributed by atoms with Crippen LogP contribution < -0.4 is 4.74 Å². The molecule has 3 unspecified atom stereocenters. The van der Waals surface area contributed by atoms with Crippen LogP contribution in [0.1, 0.15) is 32.3 Å². The van der Waals surface area contributed by atoms with Crippen molar-refractivity contribution < 1.29 is 17.9 Å². The van der Waals surface area contributed by atoms with E-state index in [-0.39, 0.29) is 11.5 Å². The van der Waals surface area contributed by atoms with Gasteiger partial charge < -0.3 is 4.74 Å². The van der Waals surface area contributed by atoms with Crippen molar-refractivity contribution in [2.45, 2.75) is 43.8 Å². The van der Waals surface area contributed by atoms with Crippen LogP contribution in [0.5, 0.6) is 5.75 Å². The number of alkyl halides is 4. The van der Waals surface area contributed by atoms with Crippen LogP contribution in [0, 0.1) is 5.41 Å². The molecular weight excluding hydrogens is 321 g/mol. The minimum absolute atomic E-state index is 0.0443. The largest absolute Gasteiger partial charge is 0.490 e. The molecular formula is C14H16BrF3O. The molecule has 106 valence electrons. The summed E-state index contributed by atoms with van der Waals surface area (Å²) in [5, 5.41) is 0. The van der Waals surface area contributed by atoms with E-state index in [2.05, 4.69) is 29.8 Å². The maximum Gasteiger partial charge on any atom is 0.416 e. The molecule has 0 aromatic heterocycles. The van der Waals surface area contributed by atoms with Crippen molar-refractivity contribution in [2.75, 3.05) is 0 Å². The van der Waals surface area contributed by atoms with Crippen molar-refractivity contribution in [1.29, 1.82) is 0 Å². The van der Waals surface area contributed by atoms with Crippen LogP contribution in [-0.2, 0) is 6.18 Å². The van der Waals surface area contributed by atoms with Gasteiger partial charge >= 0.3 is 6.18 Å². The van der Waals surface area contributed by atoms with Gasteiger partial charge in [0.05, 0.1) is 5.56 Å². The van der Waals surface area contributed by atoms with Crippen LogP contribution in [-0.4, -0.2) is 10.9 Å². The lowest BCUT2D eigenvalue weighted by molar-refractivity contribution is -0.137. The molecule has 5 heteroatoms. The zero-order valence-corrected chi connectivity index (χ0v) is 12.4. The molecule has 0 N–H and O–H groups in total. The lowest BCUT2D eigenvalue weighted by Gasteiger charge is -2.50. The van der Waals surface area contributed by atoms with E-state index in [0.717, 1.165) is 25.0 Å². The molecule has 1 aromatic rings. The van der Waals surface area contributed by atoms with E-state index in [1.54, 1.807) is 0 Å². The third kappa shape index (κ3) is 2.76. The molecule has 2 rings (SSSR count). The smallest absolute Gasteiger partial charge is 0.416 e. The van der Waals surface area contributed by atoms with E-state index in [0.29, 0.717) is 10.6 Å². The van der Waals surface area contributed by atoms with Crippen LogP contribution in [0.4, 0.5) is 13.2 Å². The minimum atomic E-state index is -4.30. The van der Waals surface area contributed by atoms with E-state index < -0.39 is 11.7 Å². The number of benzene rings is 1. The Labute approximate surface area is 119 Å². The molecule has 0 spiro atoms. The zero-order valence-electron chi connectivity index (χ0n) is 10.8. The first-order chi connectivity index (χ1) is 8.77. The highest BCUT2D eigenvalue weighted by atomic mass is 79.9. The van der Waals surface area contributed by atoms with Gasteiger partial charge in [0.1, 0.15) is 11.9 Å². The highest BCUT2D eigenvalue weighted by Crippen LogP contribution is 2.50. The van der Waals surface area contributed by atoms with Crippen molar-refractivity contribution in [3.05, 3.63) is 29.8 Å². The zero-order chi connectivity index (χ0) is 14.3. The Morgan fingerprint density at radius 3 is 2.32 bits per heavy atom. The summed E-state index contributed by atoms with van der Waals surface area (Å²) in [5.74, 6) is 0.497. The van der Waals surface area contributed by atoms with Crippen molar-refractivity contribution in [3.8, 4) is 5.75 Å². The molecule has 1 aromatic carbocycles. The van der Waals surface area contributed by atoms with Gasteiger partial charge in [0.25, 0.3) is 0 Å². The maximum atomic E-state index is 12.4. The van der Waals surface area contributed by atoms with Gasteiger partial charge in [-0.1, -0.05) is 29.8 Å². The third-order valence-electron chi connectivity index (χ3n) is 4.09. The summed E-state index contributed by atoms with van der Waals surface area (Å²) in [6, 6.07) is 4.90. The highest BCUT2D eigenvalue weighted by molar-refractivity contribution is 9.09. The monoisotopic (exact) mass is 336 g/mol. The van der Waals surface area contributed by atoms with Crippen molar-refractivity contribution in [1.82, 2.24) is 0 Å². The molecule has 0 saturated heterocycles. The molecule has 1 fully saturated rings. The number of halogens is 4. The molecule has 1 saturated carbocycles. The number of rotatable bonds is 3. The van der Waals surface area contributed by atoms with Gasteiger partial charge in [-0.2, -0.15) is 13.2 Å². The van der Waals surface area contributed by atoms with Crippen LogP contribution in [0.2, 0.25) is 0 Å². The van der Waals surface area contributed by atoms with Gasteiger partial charge in [-0.3, -0.25) is 0 Å². The Hall–Kier alpha value is -0.710. The molecule has 19 heavy (non-hydrogen) atoms. The lowest BCUT2D eigenvalue weighted by atomic mass is 9.65. The second-order valence-corrected chi connectivity index (χ2v) is 6.30. The maximum absolute atomic E-state index is 12.4. The van der Waals surface area contributed by atoms with Gasteiger partial charge in [0.2, 0.25) is 0 Å². The molecule has 0 aliphatic heterocycles. The first-order valence-electron chi connectivity index (χ1n) is 6.25. The molecule has 1 aliphatic rings. The van der Waals surface area contributed by atoms with Crippen molar-refractivity contribution >= 4 is 15.9 Å². The summed E-state index contributed by atoms with van der Waals surface area (Å²) < 4.78 is 43.1. The van der Waals surface area contributed by atoms with E-state index in [9.17, 15) is 13.2 Å². The van der Waals surface area contributed by atoms with E-state index in [1.165, 1.54) is 12.1 Å². The predicted molar refractivity (Wildman–Crippen MR) is 71.6 cm³/mol. The topological polar surface area (TPSA) is 9.23 Å². The van der Waals surface area contributed by atoms with Gasteiger partial charge in [-0.05, 0) is 37.1 Å². The van der Waals surface area contributed by atoms with Crippen molar-refractivity contribution in [2.24, 2.45) is 5.41 Å². The summed E-state index contributed by atoms with van der Waals surface area (Å²) in [6.45, 7) is 4.22. The molecule has 0 bridgehead atoms. The Balaban J connectivity index is 2.05. The van der Waals surface area contributed by atoms with E-state index in [4.69, 9.17) is 4.74 Å². The summed E-state index contributed by atoms with van der Waals surface area (Å²) in [6.07, 6.45) is -2.40. The molecule has 1 aliphatic carbocycles. The number of hydrogen-bond acceptors (Lipinski definition) is 1. The fraction of sp³-hybridized carbons (Fsp3) is 0.571. The fourth-order valence-electron chi connectivity index (χ4n) is 2.29. The Bertz CT molecular complexity index is 443. The normalized spacial score (nSPS) is 30.8. The van der Waals surface area contributed by atoms with E-state index >= 15 is 0 Å². The molecule has 0 heterocycles. The summed E-state index contributed by atoms with van der Waals surface area (Å²) >= 11 is 3.61. The van der Waals surface area contributed by atoms with Crippen LogP contribution in [0.15, 0.2) is 24.3 Å². The third-order valence-corrected chi connectivity index (χ3v) is 5.51. The quantitative estimate of drug-likeness (QED) is 0.703. The lowest BCUT2D eigenvalue weighted by Crippen LogP contribution is -2.54. The Morgan fingerprint density at radius 2 is 1.89 bits per heavy atom. The summed E-state index contributed by atoms with van der Waals surface area (Å²) in [5.41, 5.74) is -0.604. The fourth-order valence-corrected chi connectivity index (χ4v) is 3.24. The Morgan fingerprint density at radius 1 is 1.32 bits per heavy atom. The van der Waals surface area contributed by atoms with Crippen LogP contribution in [0.3, 0.4) is 0 Å². The van der Waals surface area contributed by atoms with Crippen LogP contribution >= 0.6 is 15.9 Å². The average molecular weight is 337 g/mol. The second-order valence-electron chi connectivity index (χ2n) is 5.19. The van der Waals surface area contributed by atoms with Crippen molar-refractivity contribution in [3.63, 3.8) is 0 Å². The minimum Gasteiger partial charge on any atom is -0.490 e. The number of hydrogen-bond donors (Lipinski definition) is 0. The average Bonchev–Trinajstić information content (AvgIpc) is 2.37. The standard InChI is InChI=1S/C14H16BrF3O/c1-3-13(2)11(15)8-12(13)19-10-6-4-9(5-7-10)14(16,17)18/h4-7,11-12H,3,8H2,1-2H3. The highest BCUT2D eigenvalue weighted by Gasteiger charge is 2.50. The number of ether oxygens (including phenoxy) is 1. The predicted octanol–water partition coefficient (Wildman–Crippen LogP) is 5.04. The first-order valence-corrected chi connectivity index (χ1v) is 7.17. The Kier molecular flexibility index (Phi) is 3.87. The van der Waals surface area contributed by atoms with Crippen LogP contribution in [0.25, 0.3) is 0 Å². The van der Waals surface area contributed by atoms with Gasteiger partial charge in [0, 0.05) is 10.2 Å². The molecule has 1 nitrogen and oxygen atoms in total. The van der Waals surface area contributed by atoms with E-state index in [1.807, 2.05) is 0 Å².